The second-order valence-electron chi connectivity index (χ2n) is 15.8. The fraction of sp³-hybridized carbons (Fsp3) is 0.0545. The van der Waals surface area contributed by atoms with Crippen molar-refractivity contribution >= 4 is 77.2 Å². The van der Waals surface area contributed by atoms with Crippen LogP contribution in [0.5, 0.6) is 0 Å². The maximum absolute atomic E-state index is 2.56. The van der Waals surface area contributed by atoms with E-state index in [-0.39, 0.29) is 5.41 Å². The van der Waals surface area contributed by atoms with E-state index in [1.165, 1.54) is 82.4 Å². The fourth-order valence-corrected chi connectivity index (χ4v) is 9.32. The van der Waals surface area contributed by atoms with Gasteiger partial charge in [-0.1, -0.05) is 178 Å². The molecular formula is C55H40N2. The Hall–Kier alpha value is -7.16. The third kappa shape index (κ3) is 5.33. The first-order valence-corrected chi connectivity index (χ1v) is 19.8. The molecule has 0 bridgehead atoms. The maximum atomic E-state index is 2.56. The van der Waals surface area contributed by atoms with E-state index >= 15 is 0 Å². The number of hydrogen-bond donors (Lipinski definition) is 0. The first kappa shape index (κ1) is 33.2. The smallest absolute Gasteiger partial charge is 0.0618 e. The summed E-state index contributed by atoms with van der Waals surface area (Å²) in [7, 11) is 0. The normalized spacial score (nSPS) is 13.2. The molecule has 2 heteroatoms. The minimum Gasteiger partial charge on any atom is -0.310 e. The van der Waals surface area contributed by atoms with Gasteiger partial charge >= 0.3 is 0 Å². The van der Waals surface area contributed by atoms with E-state index in [2.05, 4.69) is 230 Å². The third-order valence-electron chi connectivity index (χ3n) is 12.2. The molecule has 270 valence electrons. The van der Waals surface area contributed by atoms with Crippen molar-refractivity contribution in [2.45, 2.75) is 19.3 Å². The summed E-state index contributed by atoms with van der Waals surface area (Å²) >= 11 is 0. The Kier molecular flexibility index (Phi) is 7.55. The van der Waals surface area contributed by atoms with Gasteiger partial charge in [-0.05, 0) is 91.5 Å². The molecule has 0 atom stereocenters. The number of nitrogens with zero attached hydrogens (tertiary/aromatic N) is 2. The molecule has 0 saturated carbocycles. The monoisotopic (exact) mass is 728 g/mol. The second-order valence-corrected chi connectivity index (χ2v) is 15.8. The van der Waals surface area contributed by atoms with Crippen LogP contribution in [0, 0.1) is 0 Å². The highest BCUT2D eigenvalue weighted by Crippen LogP contribution is 2.56. The van der Waals surface area contributed by atoms with Crippen molar-refractivity contribution in [3.63, 3.8) is 0 Å². The lowest BCUT2D eigenvalue weighted by molar-refractivity contribution is 0.632. The first-order chi connectivity index (χ1) is 28.0. The molecule has 0 unspecified atom stereocenters. The number of anilines is 6. The SMILES string of the molecule is CC1(C)c2ccccc2N(c2c(-c3ccc4ccccc4c3)ccc3ccccc23)c2cc(N(c3ccc4ccccc4c3)c3cccc4ccccc34)ccc21. The van der Waals surface area contributed by atoms with E-state index in [0.717, 1.165) is 17.1 Å². The van der Waals surface area contributed by atoms with Crippen LogP contribution in [-0.4, -0.2) is 0 Å². The van der Waals surface area contributed by atoms with Crippen LogP contribution in [0.2, 0.25) is 0 Å². The summed E-state index contributed by atoms with van der Waals surface area (Å²) in [5.41, 5.74) is 11.7. The molecule has 2 nitrogen and oxygen atoms in total. The van der Waals surface area contributed by atoms with Gasteiger partial charge in [0.1, 0.15) is 0 Å². The molecule has 0 aromatic heterocycles. The van der Waals surface area contributed by atoms with Gasteiger partial charge in [0.2, 0.25) is 0 Å². The van der Waals surface area contributed by atoms with Crippen molar-refractivity contribution in [1.29, 1.82) is 0 Å². The van der Waals surface area contributed by atoms with Crippen molar-refractivity contribution < 1.29 is 0 Å². The van der Waals surface area contributed by atoms with E-state index in [4.69, 9.17) is 0 Å². The summed E-state index contributed by atoms with van der Waals surface area (Å²) in [6.45, 7) is 4.75. The summed E-state index contributed by atoms with van der Waals surface area (Å²) in [4.78, 5) is 5.02. The van der Waals surface area contributed by atoms with Crippen LogP contribution in [0.15, 0.2) is 206 Å². The van der Waals surface area contributed by atoms with Gasteiger partial charge in [0, 0.05) is 33.1 Å². The van der Waals surface area contributed by atoms with Crippen LogP contribution < -0.4 is 9.80 Å². The number of fused-ring (bicyclic) bond motifs is 6. The molecule has 0 fully saturated rings. The molecule has 1 heterocycles. The lowest BCUT2D eigenvalue weighted by Gasteiger charge is -2.43. The Morgan fingerprint density at radius 3 is 1.72 bits per heavy atom. The highest BCUT2D eigenvalue weighted by Gasteiger charge is 2.38. The summed E-state index contributed by atoms with van der Waals surface area (Å²) in [5, 5.41) is 9.77. The van der Waals surface area contributed by atoms with Crippen molar-refractivity contribution in [3.05, 3.63) is 217 Å². The average Bonchev–Trinajstić information content (AvgIpc) is 3.26. The van der Waals surface area contributed by atoms with E-state index in [9.17, 15) is 0 Å². The maximum Gasteiger partial charge on any atom is 0.0618 e. The quantitative estimate of drug-likeness (QED) is 0.174. The Bertz CT molecular complexity index is 3190. The molecule has 0 amide bonds. The summed E-state index contributed by atoms with van der Waals surface area (Å²) in [5.74, 6) is 0. The molecule has 0 aliphatic carbocycles. The van der Waals surface area contributed by atoms with Gasteiger partial charge in [-0.25, -0.2) is 0 Å². The fourth-order valence-electron chi connectivity index (χ4n) is 9.32. The van der Waals surface area contributed by atoms with E-state index < -0.39 is 0 Å². The highest BCUT2D eigenvalue weighted by molar-refractivity contribution is 6.09. The van der Waals surface area contributed by atoms with Crippen LogP contribution in [-0.2, 0) is 5.41 Å². The number of hydrogen-bond acceptors (Lipinski definition) is 2. The second kappa shape index (κ2) is 13.0. The van der Waals surface area contributed by atoms with Gasteiger partial charge in [-0.2, -0.15) is 0 Å². The van der Waals surface area contributed by atoms with Gasteiger partial charge < -0.3 is 9.80 Å². The highest BCUT2D eigenvalue weighted by atomic mass is 15.2. The van der Waals surface area contributed by atoms with E-state index in [1.54, 1.807) is 0 Å². The van der Waals surface area contributed by atoms with Crippen molar-refractivity contribution in [2.75, 3.05) is 9.80 Å². The van der Waals surface area contributed by atoms with Crippen molar-refractivity contribution in [3.8, 4) is 11.1 Å². The molecule has 11 rings (SSSR count). The van der Waals surface area contributed by atoms with Gasteiger partial charge in [-0.15, -0.1) is 0 Å². The van der Waals surface area contributed by atoms with Gasteiger partial charge in [-0.3, -0.25) is 0 Å². The Morgan fingerprint density at radius 1 is 0.386 bits per heavy atom. The number of benzene rings is 10. The van der Waals surface area contributed by atoms with Crippen LogP contribution in [0.3, 0.4) is 0 Å². The summed E-state index contributed by atoms with van der Waals surface area (Å²) in [6, 6.07) is 76.0. The molecule has 57 heavy (non-hydrogen) atoms. The topological polar surface area (TPSA) is 6.48 Å². The van der Waals surface area contributed by atoms with Crippen molar-refractivity contribution in [2.24, 2.45) is 0 Å². The summed E-state index contributed by atoms with van der Waals surface area (Å²) in [6.07, 6.45) is 0. The Morgan fingerprint density at radius 2 is 0.930 bits per heavy atom. The lowest BCUT2D eigenvalue weighted by atomic mass is 9.73. The minimum absolute atomic E-state index is 0.248. The molecule has 10 aromatic carbocycles. The molecule has 1 aliphatic heterocycles. The third-order valence-corrected chi connectivity index (χ3v) is 12.2. The molecule has 0 spiro atoms. The molecular weight excluding hydrogens is 689 g/mol. The molecule has 10 aromatic rings. The first-order valence-electron chi connectivity index (χ1n) is 19.8. The van der Waals surface area contributed by atoms with Gasteiger partial charge in [0.15, 0.2) is 0 Å². The van der Waals surface area contributed by atoms with Crippen LogP contribution in [0.1, 0.15) is 25.0 Å². The minimum atomic E-state index is -0.248. The zero-order valence-corrected chi connectivity index (χ0v) is 32.0. The van der Waals surface area contributed by atoms with Gasteiger partial charge in [0.25, 0.3) is 0 Å². The standard InChI is InChI=1S/C55H40N2/c1-55(2)49-23-11-12-24-52(49)57(54-47-22-10-8-17-40(47)29-32-48(54)43-27-26-37-14-3-5-18-41(37)34-43)53-36-45(31-33-50(53)55)56(44-30-28-38-15-4-6-19-42(38)35-44)51-25-13-20-39-16-7-9-21-46(39)51/h3-36H,1-2H3. The average molecular weight is 729 g/mol. The van der Waals surface area contributed by atoms with Crippen molar-refractivity contribution in [1.82, 2.24) is 0 Å². The lowest BCUT2D eigenvalue weighted by Crippen LogP contribution is -2.31. The van der Waals surface area contributed by atoms with Crippen LogP contribution >= 0.6 is 0 Å². The molecule has 0 saturated heterocycles. The Labute approximate surface area is 333 Å². The predicted octanol–water partition coefficient (Wildman–Crippen LogP) is 15.5. The van der Waals surface area contributed by atoms with E-state index in [0.29, 0.717) is 0 Å². The molecule has 1 aliphatic rings. The Balaban J connectivity index is 1.21. The largest absolute Gasteiger partial charge is 0.310 e. The molecule has 0 radical (unpaired) electrons. The number of rotatable bonds is 5. The summed E-state index contributed by atoms with van der Waals surface area (Å²) < 4.78 is 0. The zero-order chi connectivity index (χ0) is 38.1. The number of para-hydroxylation sites is 1. The molecule has 0 N–H and O–H groups in total. The van der Waals surface area contributed by atoms with Gasteiger partial charge in [0.05, 0.1) is 22.7 Å². The zero-order valence-electron chi connectivity index (χ0n) is 32.0. The van der Waals surface area contributed by atoms with E-state index in [1.807, 2.05) is 0 Å². The van der Waals surface area contributed by atoms with Crippen LogP contribution in [0.4, 0.5) is 34.1 Å². The predicted molar refractivity (Wildman–Crippen MR) is 243 cm³/mol. The van der Waals surface area contributed by atoms with Crippen LogP contribution in [0.25, 0.3) is 54.2 Å².